The summed E-state index contributed by atoms with van der Waals surface area (Å²) in [7, 11) is 1.46. The number of alkyl halides is 1. The van der Waals surface area contributed by atoms with E-state index in [0.717, 1.165) is 22.4 Å². The van der Waals surface area contributed by atoms with Crippen LogP contribution in [-0.4, -0.2) is 36.1 Å². The van der Waals surface area contributed by atoms with E-state index in [1.165, 1.54) is 7.11 Å². The predicted molar refractivity (Wildman–Crippen MR) is 131 cm³/mol. The summed E-state index contributed by atoms with van der Waals surface area (Å²) in [5.41, 5.74) is 16.5. The molecule has 0 saturated heterocycles. The maximum absolute atomic E-state index is 14.0. The molecule has 2 amide bonds. The Labute approximate surface area is 197 Å². The molecule has 0 aliphatic heterocycles. The van der Waals surface area contributed by atoms with Gasteiger partial charge in [0.15, 0.2) is 0 Å². The highest BCUT2D eigenvalue weighted by Crippen LogP contribution is 2.42. The van der Waals surface area contributed by atoms with Crippen molar-refractivity contribution in [1.29, 1.82) is 0 Å². The van der Waals surface area contributed by atoms with Gasteiger partial charge in [0.2, 0.25) is 0 Å². The van der Waals surface area contributed by atoms with Crippen molar-refractivity contribution in [3.63, 3.8) is 0 Å². The summed E-state index contributed by atoms with van der Waals surface area (Å²) >= 11 is 0. The van der Waals surface area contributed by atoms with Crippen LogP contribution in [0, 0.1) is 6.92 Å². The number of hydrogen-bond acceptors (Lipinski definition) is 4. The first-order chi connectivity index (χ1) is 16.2. The zero-order valence-electron chi connectivity index (χ0n) is 19.5. The van der Waals surface area contributed by atoms with E-state index in [2.05, 4.69) is 10.3 Å². The standard InChI is InChI=1S/C26H29FN4O3/c1-4-19-22(17-8-6-16(28)11-14(17)2)21(23(31-19)24(29)32)15-5-7-18(20(12-15)34-3)25(33)30-13-26(27)9-10-26/h5-8,11-12,31H,4,9-10,13,28H2,1-3H3,(H2,29,32)(H,30,33). The van der Waals surface area contributed by atoms with Gasteiger partial charge in [-0.1, -0.05) is 19.1 Å². The second-order valence-electron chi connectivity index (χ2n) is 8.77. The number of aryl methyl sites for hydroxylation is 2. The number of benzene rings is 2. The fourth-order valence-corrected chi connectivity index (χ4v) is 4.24. The summed E-state index contributed by atoms with van der Waals surface area (Å²) in [5.74, 6) is -0.698. The fourth-order valence-electron chi connectivity index (χ4n) is 4.24. The van der Waals surface area contributed by atoms with Gasteiger partial charge in [0.1, 0.15) is 17.1 Å². The van der Waals surface area contributed by atoms with Crippen molar-refractivity contribution in [3.8, 4) is 28.0 Å². The molecule has 8 heteroatoms. The number of hydrogen-bond donors (Lipinski definition) is 4. The van der Waals surface area contributed by atoms with Gasteiger partial charge in [-0.2, -0.15) is 0 Å². The largest absolute Gasteiger partial charge is 0.496 e. The Kier molecular flexibility index (Phi) is 6.08. The van der Waals surface area contributed by atoms with Gasteiger partial charge < -0.3 is 26.5 Å². The average molecular weight is 465 g/mol. The van der Waals surface area contributed by atoms with Crippen LogP contribution in [0.5, 0.6) is 5.75 Å². The summed E-state index contributed by atoms with van der Waals surface area (Å²) < 4.78 is 19.5. The third kappa shape index (κ3) is 4.35. The third-order valence-electron chi connectivity index (χ3n) is 6.29. The highest BCUT2D eigenvalue weighted by Gasteiger charge is 2.43. The molecule has 4 rings (SSSR count). The number of rotatable bonds is 8. The monoisotopic (exact) mass is 464 g/mol. The van der Waals surface area contributed by atoms with Gasteiger partial charge in [-0.05, 0) is 67.1 Å². The number of amides is 2. The summed E-state index contributed by atoms with van der Waals surface area (Å²) in [6, 6.07) is 10.7. The van der Waals surface area contributed by atoms with E-state index in [0.29, 0.717) is 41.8 Å². The Balaban J connectivity index is 1.84. The first kappa shape index (κ1) is 23.4. The van der Waals surface area contributed by atoms with E-state index >= 15 is 0 Å². The quantitative estimate of drug-likeness (QED) is 0.374. The Morgan fingerprint density at radius 3 is 2.50 bits per heavy atom. The van der Waals surface area contributed by atoms with Gasteiger partial charge in [-0.15, -0.1) is 0 Å². The number of nitrogens with one attached hydrogen (secondary N) is 2. The minimum absolute atomic E-state index is 0.0270. The average Bonchev–Trinajstić information content (AvgIpc) is 3.42. The molecular weight excluding hydrogens is 435 g/mol. The number of carbonyl (C=O) groups excluding carboxylic acids is 2. The lowest BCUT2D eigenvalue weighted by Gasteiger charge is -2.15. The van der Waals surface area contributed by atoms with Crippen molar-refractivity contribution in [1.82, 2.24) is 10.3 Å². The molecule has 178 valence electrons. The molecule has 34 heavy (non-hydrogen) atoms. The lowest BCUT2D eigenvalue weighted by atomic mass is 9.90. The number of aromatic amines is 1. The first-order valence-electron chi connectivity index (χ1n) is 11.2. The number of H-pyrrole nitrogens is 1. The molecule has 1 fully saturated rings. The zero-order valence-corrected chi connectivity index (χ0v) is 19.5. The van der Waals surface area contributed by atoms with Crippen LogP contribution in [0.4, 0.5) is 10.1 Å². The number of anilines is 1. The van der Waals surface area contributed by atoms with Crippen molar-refractivity contribution in [2.75, 3.05) is 19.4 Å². The number of halogens is 1. The predicted octanol–water partition coefficient (Wildman–Crippen LogP) is 4.14. The van der Waals surface area contributed by atoms with Gasteiger partial charge in [0.25, 0.3) is 11.8 Å². The van der Waals surface area contributed by atoms with Gasteiger partial charge in [0, 0.05) is 22.5 Å². The minimum Gasteiger partial charge on any atom is -0.496 e. The molecule has 0 bridgehead atoms. The number of carbonyl (C=O) groups is 2. The third-order valence-corrected chi connectivity index (χ3v) is 6.29. The summed E-state index contributed by atoms with van der Waals surface area (Å²) in [4.78, 5) is 28.3. The summed E-state index contributed by atoms with van der Waals surface area (Å²) in [5, 5.41) is 2.64. The summed E-state index contributed by atoms with van der Waals surface area (Å²) in [6.07, 6.45) is 1.56. The molecule has 7 nitrogen and oxygen atoms in total. The smallest absolute Gasteiger partial charge is 0.265 e. The van der Waals surface area contributed by atoms with Crippen molar-refractivity contribution >= 4 is 17.5 Å². The van der Waals surface area contributed by atoms with E-state index < -0.39 is 17.5 Å². The Hall–Kier alpha value is -3.81. The van der Waals surface area contributed by atoms with E-state index in [4.69, 9.17) is 16.2 Å². The van der Waals surface area contributed by atoms with Gasteiger partial charge >= 0.3 is 0 Å². The molecule has 6 N–H and O–H groups in total. The number of ether oxygens (including phenoxy) is 1. The van der Waals surface area contributed by atoms with E-state index in [1.807, 2.05) is 32.0 Å². The SMILES string of the molecule is CCc1[nH]c(C(N)=O)c(-c2ccc(C(=O)NCC3(F)CC3)c(OC)c2)c1-c1ccc(N)cc1C. The molecule has 1 aromatic heterocycles. The van der Waals surface area contributed by atoms with Gasteiger partial charge in [-0.3, -0.25) is 9.59 Å². The maximum atomic E-state index is 14.0. The zero-order chi connectivity index (χ0) is 24.6. The molecule has 1 aliphatic rings. The van der Waals surface area contributed by atoms with Crippen LogP contribution in [0.15, 0.2) is 36.4 Å². The number of aromatic nitrogens is 1. The van der Waals surface area contributed by atoms with Crippen LogP contribution in [0.3, 0.4) is 0 Å². The number of nitrogen functional groups attached to an aromatic ring is 1. The van der Waals surface area contributed by atoms with Crippen molar-refractivity contribution in [2.24, 2.45) is 5.73 Å². The Bertz CT molecular complexity index is 1280. The van der Waals surface area contributed by atoms with Crippen molar-refractivity contribution < 1.29 is 18.7 Å². The number of primary amides is 1. The molecule has 2 aromatic carbocycles. The molecule has 0 spiro atoms. The van der Waals surface area contributed by atoms with E-state index in [-0.39, 0.29) is 17.8 Å². The van der Waals surface area contributed by atoms with Crippen molar-refractivity contribution in [3.05, 3.63) is 58.9 Å². The van der Waals surface area contributed by atoms with Crippen LogP contribution in [0.2, 0.25) is 0 Å². The van der Waals surface area contributed by atoms with Crippen LogP contribution in [0.1, 0.15) is 51.9 Å². The van der Waals surface area contributed by atoms with Gasteiger partial charge in [-0.25, -0.2) is 4.39 Å². The van der Waals surface area contributed by atoms with Crippen LogP contribution >= 0.6 is 0 Å². The Morgan fingerprint density at radius 2 is 1.91 bits per heavy atom. The van der Waals surface area contributed by atoms with Crippen LogP contribution in [-0.2, 0) is 6.42 Å². The molecule has 1 heterocycles. The molecule has 1 saturated carbocycles. The molecule has 1 aliphatic carbocycles. The molecular formula is C26H29FN4O3. The lowest BCUT2D eigenvalue weighted by Crippen LogP contribution is -2.31. The highest BCUT2D eigenvalue weighted by molar-refractivity contribution is 6.05. The minimum atomic E-state index is -1.30. The molecule has 0 atom stereocenters. The van der Waals surface area contributed by atoms with Crippen molar-refractivity contribution in [2.45, 2.75) is 38.8 Å². The normalized spacial score (nSPS) is 14.0. The van der Waals surface area contributed by atoms with Crippen LogP contribution in [0.25, 0.3) is 22.3 Å². The summed E-state index contributed by atoms with van der Waals surface area (Å²) in [6.45, 7) is 3.92. The van der Waals surface area contributed by atoms with Crippen LogP contribution < -0.4 is 21.5 Å². The second-order valence-corrected chi connectivity index (χ2v) is 8.77. The van der Waals surface area contributed by atoms with E-state index in [1.54, 1.807) is 18.2 Å². The van der Waals surface area contributed by atoms with E-state index in [9.17, 15) is 14.0 Å². The molecule has 3 aromatic rings. The highest BCUT2D eigenvalue weighted by atomic mass is 19.1. The fraction of sp³-hybridized carbons (Fsp3) is 0.308. The lowest BCUT2D eigenvalue weighted by molar-refractivity contribution is 0.0933. The second kappa shape index (κ2) is 8.85. The molecule has 0 radical (unpaired) electrons. The number of nitrogens with two attached hydrogens (primary N) is 2. The Morgan fingerprint density at radius 1 is 1.18 bits per heavy atom. The van der Waals surface area contributed by atoms with Gasteiger partial charge in [0.05, 0.1) is 19.2 Å². The molecule has 0 unspecified atom stereocenters. The number of methoxy groups -OCH3 is 1. The topological polar surface area (TPSA) is 123 Å². The first-order valence-corrected chi connectivity index (χ1v) is 11.2. The maximum Gasteiger partial charge on any atom is 0.265 e.